The average Bonchev–Trinajstić information content (AvgIpc) is 2.29. The Kier molecular flexibility index (Phi) is 2.61. The topological polar surface area (TPSA) is 0 Å². The predicted octanol–water partition coefficient (Wildman–Crippen LogP) is 3.00. The summed E-state index contributed by atoms with van der Waals surface area (Å²) in [5.41, 5.74) is 4.56. The third-order valence-corrected chi connectivity index (χ3v) is 2.56. The third-order valence-electron chi connectivity index (χ3n) is 2.56. The van der Waals surface area contributed by atoms with Gasteiger partial charge in [0, 0.05) is 11.1 Å². The zero-order valence-corrected chi connectivity index (χ0v) is 8.80. The van der Waals surface area contributed by atoms with Gasteiger partial charge in [-0.2, -0.15) is 0 Å². The van der Waals surface area contributed by atoms with Crippen LogP contribution in [0.25, 0.3) is 6.08 Å². The molecule has 0 unspecified atom stereocenters. The third kappa shape index (κ3) is 1.80. The Hall–Kier alpha value is -1.92. The van der Waals surface area contributed by atoms with Crippen molar-refractivity contribution in [3.63, 3.8) is 0 Å². The van der Waals surface area contributed by atoms with Gasteiger partial charge < -0.3 is 0 Å². The number of fused-ring (bicyclic) bond motifs is 1. The van der Waals surface area contributed by atoms with Crippen molar-refractivity contribution in [3.05, 3.63) is 40.5 Å². The molecule has 72 valence electrons. The summed E-state index contributed by atoms with van der Waals surface area (Å²) < 4.78 is 0. The first-order chi connectivity index (χ1) is 7.35. The Labute approximate surface area is 91.0 Å². The summed E-state index contributed by atoms with van der Waals surface area (Å²) in [6, 6.07) is 4.09. The second-order valence-electron chi connectivity index (χ2n) is 3.56. The van der Waals surface area contributed by atoms with E-state index in [1.54, 1.807) is 0 Å². The van der Waals surface area contributed by atoms with Gasteiger partial charge in [-0.25, -0.2) is 0 Å². The highest BCUT2D eigenvalue weighted by molar-refractivity contribution is 5.66. The van der Waals surface area contributed by atoms with Gasteiger partial charge in [0.2, 0.25) is 0 Å². The second-order valence-corrected chi connectivity index (χ2v) is 3.56. The number of allylic oxidation sites excluding steroid dienone is 1. The first kappa shape index (κ1) is 9.63. The molecule has 0 saturated heterocycles. The molecular formula is C15H12. The lowest BCUT2D eigenvalue weighted by Crippen LogP contribution is -1.98. The summed E-state index contributed by atoms with van der Waals surface area (Å²) in [5, 5.41) is 0. The summed E-state index contributed by atoms with van der Waals surface area (Å²) in [4.78, 5) is 0. The van der Waals surface area contributed by atoms with Gasteiger partial charge in [-0.1, -0.05) is 24.0 Å². The van der Waals surface area contributed by atoms with Crippen molar-refractivity contribution >= 4 is 6.08 Å². The molecule has 0 aromatic heterocycles. The lowest BCUT2D eigenvalue weighted by atomic mass is 9.91. The van der Waals surface area contributed by atoms with E-state index in [0.29, 0.717) is 0 Å². The Morgan fingerprint density at radius 3 is 2.93 bits per heavy atom. The van der Waals surface area contributed by atoms with Crippen LogP contribution in [0.2, 0.25) is 0 Å². The van der Waals surface area contributed by atoms with Gasteiger partial charge in [-0.05, 0) is 43.0 Å². The predicted molar refractivity (Wildman–Crippen MR) is 64.3 cm³/mol. The van der Waals surface area contributed by atoms with Gasteiger partial charge in [0.25, 0.3) is 0 Å². The van der Waals surface area contributed by atoms with Crippen LogP contribution in [0, 0.1) is 24.2 Å². The summed E-state index contributed by atoms with van der Waals surface area (Å²) >= 11 is 0. The lowest BCUT2D eigenvalue weighted by Gasteiger charge is -2.12. The first-order valence-electron chi connectivity index (χ1n) is 5.08. The molecule has 0 nitrogen and oxygen atoms in total. The molecule has 0 heteroatoms. The fraction of sp³-hybridized carbons (Fsp3) is 0.200. The molecule has 0 spiro atoms. The van der Waals surface area contributed by atoms with Crippen LogP contribution in [0.5, 0.6) is 0 Å². The fourth-order valence-electron chi connectivity index (χ4n) is 1.88. The van der Waals surface area contributed by atoms with E-state index in [-0.39, 0.29) is 0 Å². The molecule has 0 fully saturated rings. The molecule has 0 radical (unpaired) electrons. The molecule has 0 saturated carbocycles. The highest BCUT2D eigenvalue weighted by Crippen LogP contribution is 2.24. The van der Waals surface area contributed by atoms with Crippen LogP contribution in [-0.2, 0) is 6.42 Å². The zero-order valence-electron chi connectivity index (χ0n) is 8.80. The smallest absolute Gasteiger partial charge is 0.0332 e. The second kappa shape index (κ2) is 4.07. The maximum atomic E-state index is 5.43. The summed E-state index contributed by atoms with van der Waals surface area (Å²) in [5.74, 6) is 8.73. The molecule has 15 heavy (non-hydrogen) atoms. The number of hydrogen-bond acceptors (Lipinski definition) is 0. The number of aryl methyl sites for hydroxylation is 1. The monoisotopic (exact) mass is 192 g/mol. The van der Waals surface area contributed by atoms with Crippen molar-refractivity contribution in [1.29, 1.82) is 0 Å². The fourth-order valence-corrected chi connectivity index (χ4v) is 1.88. The van der Waals surface area contributed by atoms with Crippen molar-refractivity contribution in [2.45, 2.75) is 19.8 Å². The molecule has 1 aromatic carbocycles. The minimum atomic E-state index is 0.932. The molecule has 0 aliphatic heterocycles. The number of terminal acetylenes is 1. The van der Waals surface area contributed by atoms with Crippen LogP contribution in [0.3, 0.4) is 0 Å². The van der Waals surface area contributed by atoms with E-state index in [9.17, 15) is 0 Å². The molecule has 0 atom stereocenters. The van der Waals surface area contributed by atoms with E-state index in [4.69, 9.17) is 6.42 Å². The van der Waals surface area contributed by atoms with Crippen LogP contribution < -0.4 is 0 Å². The summed E-state index contributed by atoms with van der Waals surface area (Å²) in [6.07, 6.45) is 11.9. The average molecular weight is 192 g/mol. The van der Waals surface area contributed by atoms with E-state index in [2.05, 4.69) is 36.0 Å². The highest BCUT2D eigenvalue weighted by atomic mass is 14.1. The van der Waals surface area contributed by atoms with Crippen molar-refractivity contribution < 1.29 is 0 Å². The first-order valence-corrected chi connectivity index (χ1v) is 5.08. The standard InChI is InChI=1S/C15H12/c1-3-7-13-10-12(4-2)11-14-8-5-6-9-15(13)14/h2,6,9-11H,5,8H2,1H3. The quantitative estimate of drug-likeness (QED) is 0.554. The molecule has 2 rings (SSSR count). The minimum absolute atomic E-state index is 0.932. The van der Waals surface area contributed by atoms with E-state index in [1.165, 1.54) is 11.1 Å². The Morgan fingerprint density at radius 2 is 2.20 bits per heavy atom. The maximum Gasteiger partial charge on any atom is 0.0332 e. The van der Waals surface area contributed by atoms with Crippen molar-refractivity contribution in [3.8, 4) is 24.2 Å². The van der Waals surface area contributed by atoms with Crippen LogP contribution in [-0.4, -0.2) is 0 Å². The maximum absolute atomic E-state index is 5.43. The normalized spacial score (nSPS) is 12.3. The Balaban J connectivity index is 2.67. The van der Waals surface area contributed by atoms with Crippen LogP contribution in [0.4, 0.5) is 0 Å². The SMILES string of the molecule is C#Cc1cc(C#CC)c2c(c1)CCC=C2. The Morgan fingerprint density at radius 1 is 1.33 bits per heavy atom. The number of hydrogen-bond donors (Lipinski definition) is 0. The van der Waals surface area contributed by atoms with Gasteiger partial charge in [0.15, 0.2) is 0 Å². The van der Waals surface area contributed by atoms with Crippen LogP contribution in [0.15, 0.2) is 18.2 Å². The van der Waals surface area contributed by atoms with Crippen LogP contribution >= 0.6 is 0 Å². The van der Waals surface area contributed by atoms with Gasteiger partial charge in [0.1, 0.15) is 0 Å². The number of rotatable bonds is 0. The zero-order chi connectivity index (χ0) is 10.7. The largest absolute Gasteiger partial charge is 0.115 e. The summed E-state index contributed by atoms with van der Waals surface area (Å²) in [7, 11) is 0. The molecule has 0 heterocycles. The minimum Gasteiger partial charge on any atom is -0.115 e. The lowest BCUT2D eigenvalue weighted by molar-refractivity contribution is 0.983. The van der Waals surface area contributed by atoms with Crippen molar-refractivity contribution in [2.24, 2.45) is 0 Å². The molecule has 1 aliphatic rings. The molecule has 0 N–H and O–H groups in total. The molecular weight excluding hydrogens is 180 g/mol. The van der Waals surface area contributed by atoms with E-state index >= 15 is 0 Å². The van der Waals surface area contributed by atoms with Crippen molar-refractivity contribution in [2.75, 3.05) is 0 Å². The van der Waals surface area contributed by atoms with E-state index < -0.39 is 0 Å². The summed E-state index contributed by atoms with van der Waals surface area (Å²) in [6.45, 7) is 1.85. The highest BCUT2D eigenvalue weighted by Gasteiger charge is 2.09. The Bertz CT molecular complexity index is 513. The van der Waals surface area contributed by atoms with Gasteiger partial charge in [-0.15, -0.1) is 12.3 Å². The van der Waals surface area contributed by atoms with Crippen LogP contribution in [0.1, 0.15) is 35.6 Å². The van der Waals surface area contributed by atoms with E-state index in [1.807, 2.05) is 13.0 Å². The van der Waals surface area contributed by atoms with Gasteiger partial charge in [0.05, 0.1) is 0 Å². The van der Waals surface area contributed by atoms with Crippen molar-refractivity contribution in [1.82, 2.24) is 0 Å². The molecule has 1 aromatic rings. The van der Waals surface area contributed by atoms with Gasteiger partial charge >= 0.3 is 0 Å². The van der Waals surface area contributed by atoms with Gasteiger partial charge in [-0.3, -0.25) is 0 Å². The molecule has 1 aliphatic carbocycles. The molecule has 0 bridgehead atoms. The number of benzene rings is 1. The van der Waals surface area contributed by atoms with E-state index in [0.717, 1.165) is 24.0 Å². The molecule has 0 amide bonds.